The fraction of sp³-hybridized carbons (Fsp3) is 0.822. The Kier molecular flexibility index (Phi) is 26.5. The van der Waals surface area contributed by atoms with E-state index in [1.807, 2.05) is 0 Å². The van der Waals surface area contributed by atoms with Crippen molar-refractivity contribution >= 4 is 0 Å². The zero-order valence-electron chi connectivity index (χ0n) is 32.6. The highest BCUT2D eigenvalue weighted by atomic mass is 16.8. The van der Waals surface area contributed by atoms with Crippen LogP contribution in [0.4, 0.5) is 0 Å². The number of hydrogen-bond acceptors (Lipinski definition) is 3. The lowest BCUT2D eigenvalue weighted by Gasteiger charge is -2.33. The van der Waals surface area contributed by atoms with Crippen molar-refractivity contribution in [1.82, 2.24) is 4.90 Å². The van der Waals surface area contributed by atoms with Gasteiger partial charge < -0.3 is 14.4 Å². The summed E-state index contributed by atoms with van der Waals surface area (Å²) in [7, 11) is 4.45. The van der Waals surface area contributed by atoms with E-state index in [0.29, 0.717) is 18.2 Å². The van der Waals surface area contributed by atoms with Crippen molar-refractivity contribution in [2.75, 3.05) is 14.1 Å². The van der Waals surface area contributed by atoms with Crippen molar-refractivity contribution < 1.29 is 9.47 Å². The third-order valence-corrected chi connectivity index (χ3v) is 10.7. The Balaban J connectivity index is 1.59. The minimum absolute atomic E-state index is 0.292. The van der Waals surface area contributed by atoms with Gasteiger partial charge in [-0.2, -0.15) is 0 Å². The van der Waals surface area contributed by atoms with Crippen LogP contribution < -0.4 is 0 Å². The van der Waals surface area contributed by atoms with E-state index in [0.717, 1.165) is 38.5 Å². The van der Waals surface area contributed by atoms with E-state index in [9.17, 15) is 0 Å². The largest absolute Gasteiger partial charge is 0.344 e. The Morgan fingerprint density at radius 1 is 0.479 bits per heavy atom. The van der Waals surface area contributed by atoms with E-state index in [1.54, 1.807) is 0 Å². The maximum atomic E-state index is 6.91. The lowest BCUT2D eigenvalue weighted by Crippen LogP contribution is -2.40. The van der Waals surface area contributed by atoms with Crippen LogP contribution in [-0.2, 0) is 9.47 Å². The van der Waals surface area contributed by atoms with Crippen molar-refractivity contribution in [3.05, 3.63) is 48.6 Å². The second kappa shape index (κ2) is 29.6. The fourth-order valence-electron chi connectivity index (χ4n) is 7.51. The standard InChI is InChI=1S/C45H81NO2/c1-5-7-9-11-13-15-17-19-21-23-25-27-29-31-33-35-39-45(47-43-38-37-42(46(3)4)41-44(43)48-45)40-36-34-32-30-28-26-24-22-20-18-16-14-12-10-8-6-2/h13-16,19-22,42-44H,5-12,17-18,23-41H2,1-4H3/b15-13-,16-14-,21-19-,22-20-/t42-,43?,44+/m1/s1. The van der Waals surface area contributed by atoms with E-state index < -0.39 is 0 Å². The van der Waals surface area contributed by atoms with Crippen LogP contribution in [0.15, 0.2) is 48.6 Å². The van der Waals surface area contributed by atoms with E-state index in [2.05, 4.69) is 81.5 Å². The molecule has 1 aliphatic heterocycles. The molecule has 1 aliphatic carbocycles. The van der Waals surface area contributed by atoms with Gasteiger partial charge in [0.2, 0.25) is 0 Å². The summed E-state index contributed by atoms with van der Waals surface area (Å²) in [6.07, 6.45) is 56.3. The van der Waals surface area contributed by atoms with Gasteiger partial charge in [-0.3, -0.25) is 0 Å². The molecule has 2 aliphatic rings. The monoisotopic (exact) mass is 668 g/mol. The highest BCUT2D eigenvalue weighted by Gasteiger charge is 2.49. The topological polar surface area (TPSA) is 21.7 Å². The molecule has 0 aromatic heterocycles. The van der Waals surface area contributed by atoms with Crippen LogP contribution in [0, 0.1) is 0 Å². The summed E-state index contributed by atoms with van der Waals surface area (Å²) in [6, 6.07) is 0.634. The highest BCUT2D eigenvalue weighted by molar-refractivity contribution is 4.95. The molecule has 1 saturated heterocycles. The second-order valence-electron chi connectivity index (χ2n) is 15.3. The first-order chi connectivity index (χ1) is 23.6. The zero-order valence-corrected chi connectivity index (χ0v) is 32.6. The number of hydrogen-bond donors (Lipinski definition) is 0. The number of fused-ring (bicyclic) bond motifs is 1. The summed E-state index contributed by atoms with van der Waals surface area (Å²) in [6.45, 7) is 4.54. The van der Waals surface area contributed by atoms with Gasteiger partial charge in [-0.25, -0.2) is 0 Å². The van der Waals surface area contributed by atoms with Crippen molar-refractivity contribution in [3.63, 3.8) is 0 Å². The predicted molar refractivity (Wildman–Crippen MR) is 212 cm³/mol. The van der Waals surface area contributed by atoms with Gasteiger partial charge in [-0.15, -0.1) is 0 Å². The summed E-state index contributed by atoms with van der Waals surface area (Å²) in [5.74, 6) is -0.318. The zero-order chi connectivity index (χ0) is 34.4. The van der Waals surface area contributed by atoms with Crippen LogP contribution in [0.3, 0.4) is 0 Å². The van der Waals surface area contributed by atoms with Gasteiger partial charge in [0.1, 0.15) is 0 Å². The summed E-state index contributed by atoms with van der Waals surface area (Å²) < 4.78 is 13.8. The molecule has 1 saturated carbocycles. The number of unbranched alkanes of at least 4 members (excludes halogenated alkanes) is 18. The van der Waals surface area contributed by atoms with Crippen LogP contribution in [0.2, 0.25) is 0 Å². The van der Waals surface area contributed by atoms with Gasteiger partial charge in [0.05, 0.1) is 12.2 Å². The average molecular weight is 668 g/mol. The summed E-state index contributed by atoms with van der Waals surface area (Å²) in [4.78, 5) is 2.39. The van der Waals surface area contributed by atoms with E-state index in [1.165, 1.54) is 148 Å². The lowest BCUT2D eigenvalue weighted by molar-refractivity contribution is -0.186. The first-order valence-corrected chi connectivity index (χ1v) is 21.2. The van der Waals surface area contributed by atoms with Crippen LogP contribution in [0.5, 0.6) is 0 Å². The summed E-state index contributed by atoms with van der Waals surface area (Å²) in [5.41, 5.74) is 0. The number of ether oxygens (including phenoxy) is 2. The molecule has 0 amide bonds. The molecular formula is C45H81NO2. The molecule has 1 heterocycles. The molecule has 0 spiro atoms. The quantitative estimate of drug-likeness (QED) is 0.0542. The first kappa shape index (κ1) is 43.0. The molecule has 2 fully saturated rings. The SMILES string of the molecule is CCCCC/C=C\C/C=C\CCCCCCCCC1(CCCCCCCC/C=C\C/C=C\CCCCC)OC2CC[C@@H](N(C)C)C[C@@H]2O1. The van der Waals surface area contributed by atoms with Gasteiger partial charge in [-0.05, 0) is 110 Å². The van der Waals surface area contributed by atoms with Gasteiger partial charge >= 0.3 is 0 Å². The predicted octanol–water partition coefficient (Wildman–Crippen LogP) is 14.0. The van der Waals surface area contributed by atoms with Crippen LogP contribution >= 0.6 is 0 Å². The van der Waals surface area contributed by atoms with Crippen molar-refractivity contribution in [2.45, 2.75) is 224 Å². The first-order valence-electron chi connectivity index (χ1n) is 21.2. The Hall–Kier alpha value is -1.16. The molecule has 48 heavy (non-hydrogen) atoms. The Labute approximate surface area is 300 Å². The van der Waals surface area contributed by atoms with Gasteiger partial charge in [0.25, 0.3) is 0 Å². The Morgan fingerprint density at radius 2 is 0.875 bits per heavy atom. The molecule has 0 bridgehead atoms. The van der Waals surface area contributed by atoms with Crippen LogP contribution in [0.1, 0.15) is 200 Å². The number of rotatable bonds is 31. The summed E-state index contributed by atoms with van der Waals surface area (Å²) in [5, 5.41) is 0. The molecule has 0 aromatic carbocycles. The van der Waals surface area contributed by atoms with Gasteiger partial charge in [0.15, 0.2) is 5.79 Å². The minimum atomic E-state index is -0.318. The van der Waals surface area contributed by atoms with Crippen molar-refractivity contribution in [3.8, 4) is 0 Å². The molecule has 0 aromatic rings. The Morgan fingerprint density at radius 3 is 1.31 bits per heavy atom. The van der Waals surface area contributed by atoms with E-state index >= 15 is 0 Å². The molecule has 1 unspecified atom stereocenters. The normalized spacial score (nSPS) is 21.2. The van der Waals surface area contributed by atoms with Gasteiger partial charge in [0, 0.05) is 18.9 Å². The van der Waals surface area contributed by atoms with Crippen molar-refractivity contribution in [2.24, 2.45) is 0 Å². The van der Waals surface area contributed by atoms with E-state index in [4.69, 9.17) is 9.47 Å². The van der Waals surface area contributed by atoms with Gasteiger partial charge in [-0.1, -0.05) is 140 Å². The molecule has 3 nitrogen and oxygen atoms in total. The molecular weight excluding hydrogens is 587 g/mol. The highest BCUT2D eigenvalue weighted by Crippen LogP contribution is 2.43. The average Bonchev–Trinajstić information content (AvgIpc) is 3.45. The van der Waals surface area contributed by atoms with Crippen LogP contribution in [0.25, 0.3) is 0 Å². The third kappa shape index (κ3) is 21.1. The van der Waals surface area contributed by atoms with Crippen LogP contribution in [-0.4, -0.2) is 43.0 Å². The third-order valence-electron chi connectivity index (χ3n) is 10.7. The maximum absolute atomic E-state index is 6.91. The molecule has 278 valence electrons. The Bertz CT molecular complexity index is 794. The maximum Gasteiger partial charge on any atom is 0.169 e. The molecule has 0 N–H and O–H groups in total. The van der Waals surface area contributed by atoms with E-state index in [-0.39, 0.29) is 5.79 Å². The number of nitrogens with zero attached hydrogens (tertiary/aromatic N) is 1. The molecule has 3 atom stereocenters. The minimum Gasteiger partial charge on any atom is -0.344 e. The lowest BCUT2D eigenvalue weighted by atomic mass is 9.90. The second-order valence-corrected chi connectivity index (χ2v) is 15.3. The van der Waals surface area contributed by atoms with Crippen molar-refractivity contribution in [1.29, 1.82) is 0 Å². The molecule has 0 radical (unpaired) electrons. The fourth-order valence-corrected chi connectivity index (χ4v) is 7.51. The smallest absolute Gasteiger partial charge is 0.169 e. The number of allylic oxidation sites excluding steroid dienone is 8. The molecule has 3 heteroatoms. The molecule has 2 rings (SSSR count). The summed E-state index contributed by atoms with van der Waals surface area (Å²) >= 11 is 0.